The monoisotopic (exact) mass is 292 g/mol. The second-order valence-electron chi connectivity index (χ2n) is 5.25. The fraction of sp³-hybridized carbons (Fsp3) is 0.562. The van der Waals surface area contributed by atoms with E-state index in [-0.39, 0.29) is 5.91 Å². The van der Waals surface area contributed by atoms with Crippen LogP contribution in [-0.2, 0) is 11.3 Å². The van der Waals surface area contributed by atoms with Crippen molar-refractivity contribution in [3.8, 4) is 11.5 Å². The van der Waals surface area contributed by atoms with Gasteiger partial charge in [-0.3, -0.25) is 4.79 Å². The third-order valence-corrected chi connectivity index (χ3v) is 3.32. The molecule has 1 aromatic rings. The lowest BCUT2D eigenvalue weighted by molar-refractivity contribution is -0.127. The van der Waals surface area contributed by atoms with Crippen molar-refractivity contribution in [1.82, 2.24) is 10.6 Å². The molecule has 5 heteroatoms. The Bertz CT molecular complexity index is 462. The summed E-state index contributed by atoms with van der Waals surface area (Å²) in [5, 5.41) is 6.06. The molecule has 116 valence electrons. The van der Waals surface area contributed by atoms with Crippen LogP contribution in [-0.4, -0.2) is 31.7 Å². The van der Waals surface area contributed by atoms with Gasteiger partial charge in [-0.1, -0.05) is 12.1 Å². The molecule has 1 atom stereocenters. The molecule has 0 aromatic heterocycles. The maximum Gasteiger partial charge on any atom is 0.260 e. The molecule has 1 unspecified atom stereocenters. The van der Waals surface area contributed by atoms with E-state index in [0.717, 1.165) is 18.4 Å². The number of rotatable bonds is 8. The van der Waals surface area contributed by atoms with Gasteiger partial charge in [0.15, 0.2) is 17.6 Å². The van der Waals surface area contributed by atoms with Crippen molar-refractivity contribution in [2.24, 2.45) is 0 Å². The van der Waals surface area contributed by atoms with Crippen molar-refractivity contribution in [3.05, 3.63) is 23.8 Å². The van der Waals surface area contributed by atoms with Crippen molar-refractivity contribution in [1.29, 1.82) is 0 Å². The summed E-state index contributed by atoms with van der Waals surface area (Å²) in [6, 6.07) is 6.10. The Hall–Kier alpha value is -1.75. The molecule has 2 rings (SSSR count). The average molecular weight is 292 g/mol. The lowest BCUT2D eigenvalue weighted by Gasteiger charge is -2.20. The first-order chi connectivity index (χ1) is 10.2. The van der Waals surface area contributed by atoms with Crippen molar-refractivity contribution < 1.29 is 14.3 Å². The first-order valence-electron chi connectivity index (χ1n) is 7.52. The SMILES string of the molecule is CCOc1cccc(CNC)c1OC(C)C(=O)NC1CC1. The molecule has 1 aliphatic rings. The summed E-state index contributed by atoms with van der Waals surface area (Å²) in [5.41, 5.74) is 0.981. The summed E-state index contributed by atoms with van der Waals surface area (Å²) in [7, 11) is 1.88. The van der Waals surface area contributed by atoms with E-state index in [4.69, 9.17) is 9.47 Å². The zero-order valence-corrected chi connectivity index (χ0v) is 12.9. The minimum Gasteiger partial charge on any atom is -0.490 e. The van der Waals surface area contributed by atoms with E-state index in [1.54, 1.807) is 6.92 Å². The van der Waals surface area contributed by atoms with Crippen LogP contribution in [0.4, 0.5) is 0 Å². The summed E-state index contributed by atoms with van der Waals surface area (Å²) in [6.07, 6.45) is 1.60. The van der Waals surface area contributed by atoms with Crippen molar-refractivity contribution in [3.63, 3.8) is 0 Å². The van der Waals surface area contributed by atoms with Crippen molar-refractivity contribution in [2.75, 3.05) is 13.7 Å². The Morgan fingerprint density at radius 1 is 1.43 bits per heavy atom. The van der Waals surface area contributed by atoms with Crippen LogP contribution in [0.2, 0.25) is 0 Å². The molecular formula is C16H24N2O3. The molecule has 1 aliphatic carbocycles. The third-order valence-electron chi connectivity index (χ3n) is 3.32. The number of amides is 1. The van der Waals surface area contributed by atoms with E-state index in [9.17, 15) is 4.79 Å². The lowest BCUT2D eigenvalue weighted by atomic mass is 10.1. The highest BCUT2D eigenvalue weighted by Crippen LogP contribution is 2.32. The topological polar surface area (TPSA) is 59.6 Å². The lowest BCUT2D eigenvalue weighted by Crippen LogP contribution is -2.37. The van der Waals surface area contributed by atoms with Crippen LogP contribution in [0.15, 0.2) is 18.2 Å². The summed E-state index contributed by atoms with van der Waals surface area (Å²) in [5.74, 6) is 1.25. The number of hydrogen-bond donors (Lipinski definition) is 2. The van der Waals surface area contributed by atoms with Crippen LogP contribution < -0.4 is 20.1 Å². The first kappa shape index (κ1) is 15.6. The Morgan fingerprint density at radius 3 is 2.81 bits per heavy atom. The van der Waals surface area contributed by atoms with Crippen LogP contribution in [0, 0.1) is 0 Å². The Labute approximate surface area is 126 Å². The Kier molecular flexibility index (Phi) is 5.44. The molecule has 0 heterocycles. The van der Waals surface area contributed by atoms with Gasteiger partial charge in [0.2, 0.25) is 0 Å². The quantitative estimate of drug-likeness (QED) is 0.768. The van der Waals surface area contributed by atoms with E-state index in [1.165, 1.54) is 0 Å². The number of carbonyl (C=O) groups excluding carboxylic acids is 1. The van der Waals surface area contributed by atoms with Gasteiger partial charge in [0, 0.05) is 18.2 Å². The van der Waals surface area contributed by atoms with Crippen LogP contribution in [0.5, 0.6) is 11.5 Å². The third kappa shape index (κ3) is 4.36. The Balaban J connectivity index is 2.12. The number of para-hydroxylation sites is 1. The molecule has 0 saturated heterocycles. The smallest absolute Gasteiger partial charge is 0.260 e. The van der Waals surface area contributed by atoms with Crippen LogP contribution in [0.25, 0.3) is 0 Å². The zero-order chi connectivity index (χ0) is 15.2. The highest BCUT2D eigenvalue weighted by molar-refractivity contribution is 5.81. The van der Waals surface area contributed by atoms with Gasteiger partial charge in [0.25, 0.3) is 5.91 Å². The fourth-order valence-corrected chi connectivity index (χ4v) is 2.07. The van der Waals surface area contributed by atoms with E-state index < -0.39 is 6.10 Å². The number of benzene rings is 1. The molecular weight excluding hydrogens is 268 g/mol. The normalized spacial score (nSPS) is 15.4. The first-order valence-corrected chi connectivity index (χ1v) is 7.52. The van der Waals surface area contributed by atoms with Gasteiger partial charge in [-0.2, -0.15) is 0 Å². The molecule has 2 N–H and O–H groups in total. The molecule has 0 bridgehead atoms. The van der Waals surface area contributed by atoms with Gasteiger partial charge in [0.1, 0.15) is 0 Å². The van der Waals surface area contributed by atoms with Crippen molar-refractivity contribution in [2.45, 2.75) is 45.4 Å². The van der Waals surface area contributed by atoms with E-state index >= 15 is 0 Å². The second-order valence-corrected chi connectivity index (χ2v) is 5.25. The number of ether oxygens (including phenoxy) is 2. The molecule has 1 aromatic carbocycles. The molecule has 1 amide bonds. The second kappa shape index (κ2) is 7.31. The van der Waals surface area contributed by atoms with Crippen LogP contribution in [0.1, 0.15) is 32.3 Å². The number of nitrogens with one attached hydrogen (secondary N) is 2. The van der Waals surface area contributed by atoms with Crippen LogP contribution >= 0.6 is 0 Å². The molecule has 0 spiro atoms. The average Bonchev–Trinajstić information content (AvgIpc) is 3.26. The maximum atomic E-state index is 12.0. The van der Waals surface area contributed by atoms with Gasteiger partial charge in [-0.25, -0.2) is 0 Å². The summed E-state index contributed by atoms with van der Waals surface area (Å²) in [4.78, 5) is 12.0. The fourth-order valence-electron chi connectivity index (χ4n) is 2.07. The summed E-state index contributed by atoms with van der Waals surface area (Å²) < 4.78 is 11.5. The minimum absolute atomic E-state index is 0.0702. The van der Waals surface area contributed by atoms with E-state index in [0.29, 0.717) is 30.7 Å². The maximum absolute atomic E-state index is 12.0. The molecule has 5 nitrogen and oxygen atoms in total. The number of carbonyl (C=O) groups is 1. The predicted octanol–water partition coefficient (Wildman–Crippen LogP) is 1.85. The van der Waals surface area contributed by atoms with Gasteiger partial charge in [-0.05, 0) is 39.8 Å². The van der Waals surface area contributed by atoms with Gasteiger partial charge < -0.3 is 20.1 Å². The molecule has 1 fully saturated rings. The standard InChI is InChI=1S/C16H24N2O3/c1-4-20-14-7-5-6-12(10-17-3)15(14)21-11(2)16(19)18-13-8-9-13/h5-7,11,13,17H,4,8-10H2,1-3H3,(H,18,19). The predicted molar refractivity (Wildman–Crippen MR) is 81.6 cm³/mol. The van der Waals surface area contributed by atoms with Gasteiger partial charge in [0.05, 0.1) is 6.61 Å². The molecule has 0 radical (unpaired) electrons. The highest BCUT2D eigenvalue weighted by Gasteiger charge is 2.27. The van der Waals surface area contributed by atoms with Crippen molar-refractivity contribution >= 4 is 5.91 Å². The molecule has 21 heavy (non-hydrogen) atoms. The number of hydrogen-bond acceptors (Lipinski definition) is 4. The molecule has 1 saturated carbocycles. The zero-order valence-electron chi connectivity index (χ0n) is 12.9. The van der Waals surface area contributed by atoms with E-state index in [1.807, 2.05) is 32.2 Å². The Morgan fingerprint density at radius 2 is 2.19 bits per heavy atom. The molecule has 0 aliphatic heterocycles. The highest BCUT2D eigenvalue weighted by atomic mass is 16.5. The van der Waals surface area contributed by atoms with Gasteiger partial charge >= 0.3 is 0 Å². The van der Waals surface area contributed by atoms with Crippen LogP contribution in [0.3, 0.4) is 0 Å². The van der Waals surface area contributed by atoms with Gasteiger partial charge in [-0.15, -0.1) is 0 Å². The minimum atomic E-state index is -0.539. The summed E-state index contributed by atoms with van der Waals surface area (Å²) >= 11 is 0. The van der Waals surface area contributed by atoms with E-state index in [2.05, 4.69) is 10.6 Å². The largest absolute Gasteiger partial charge is 0.490 e. The summed E-state index contributed by atoms with van der Waals surface area (Å²) in [6.45, 7) is 4.91.